The number of piperidine rings is 1. The standard InChI is InChI=1S/C19H27FN2O2/c1-19(2,3)24-18(23)22-8-6-13(7-9-22)14-10-15(12-4-5-12)17(21)11-16(14)20/h10-13H,4-9,21H2,1-3H3. The minimum absolute atomic E-state index is 0.141. The van der Waals surface area contributed by atoms with Crippen LogP contribution in [-0.2, 0) is 4.74 Å². The van der Waals surface area contributed by atoms with Crippen molar-refractivity contribution in [2.75, 3.05) is 18.8 Å². The monoisotopic (exact) mass is 334 g/mol. The first-order valence-electron chi connectivity index (χ1n) is 8.81. The lowest BCUT2D eigenvalue weighted by Crippen LogP contribution is -2.41. The molecule has 3 rings (SSSR count). The van der Waals surface area contributed by atoms with Crippen LogP contribution in [0.25, 0.3) is 0 Å². The smallest absolute Gasteiger partial charge is 0.410 e. The van der Waals surface area contributed by atoms with E-state index in [1.165, 1.54) is 6.07 Å². The molecule has 2 aliphatic rings. The number of halogens is 1. The van der Waals surface area contributed by atoms with E-state index in [2.05, 4.69) is 0 Å². The summed E-state index contributed by atoms with van der Waals surface area (Å²) in [6.07, 6.45) is 3.52. The van der Waals surface area contributed by atoms with Crippen molar-refractivity contribution >= 4 is 11.8 Å². The summed E-state index contributed by atoms with van der Waals surface area (Å²) in [4.78, 5) is 13.9. The Kier molecular flexibility index (Phi) is 4.45. The summed E-state index contributed by atoms with van der Waals surface area (Å²) in [6, 6.07) is 3.44. The van der Waals surface area contributed by atoms with Gasteiger partial charge in [-0.15, -0.1) is 0 Å². The van der Waals surface area contributed by atoms with Gasteiger partial charge in [-0.25, -0.2) is 9.18 Å². The molecule has 2 N–H and O–H groups in total. The van der Waals surface area contributed by atoms with E-state index < -0.39 is 5.60 Å². The normalized spacial score (nSPS) is 19.4. The van der Waals surface area contributed by atoms with Crippen LogP contribution in [0.3, 0.4) is 0 Å². The lowest BCUT2D eigenvalue weighted by atomic mass is 9.87. The molecule has 132 valence electrons. The van der Waals surface area contributed by atoms with Gasteiger partial charge in [0, 0.05) is 18.8 Å². The molecule has 2 fully saturated rings. The van der Waals surface area contributed by atoms with Crippen molar-refractivity contribution < 1.29 is 13.9 Å². The van der Waals surface area contributed by atoms with Gasteiger partial charge in [-0.1, -0.05) is 6.07 Å². The zero-order chi connectivity index (χ0) is 17.5. The molecule has 0 unspecified atom stereocenters. The molecular formula is C19H27FN2O2. The number of carbonyl (C=O) groups is 1. The minimum atomic E-state index is -0.490. The molecule has 0 bridgehead atoms. The first-order valence-corrected chi connectivity index (χ1v) is 8.81. The molecule has 5 heteroatoms. The Hall–Kier alpha value is -1.78. The molecule has 1 aromatic rings. The predicted molar refractivity (Wildman–Crippen MR) is 92.6 cm³/mol. The highest BCUT2D eigenvalue weighted by Gasteiger charge is 2.31. The quantitative estimate of drug-likeness (QED) is 0.816. The zero-order valence-corrected chi connectivity index (χ0v) is 14.8. The molecule has 0 radical (unpaired) electrons. The summed E-state index contributed by atoms with van der Waals surface area (Å²) in [7, 11) is 0. The third kappa shape index (κ3) is 3.82. The van der Waals surface area contributed by atoms with Crippen molar-refractivity contribution in [2.45, 2.75) is 63.9 Å². The second kappa shape index (κ2) is 6.26. The Balaban J connectivity index is 1.67. The summed E-state index contributed by atoms with van der Waals surface area (Å²) in [5.74, 6) is 0.431. The molecule has 0 spiro atoms. The number of rotatable bonds is 2. The molecule has 4 nitrogen and oxygen atoms in total. The molecule has 0 aromatic heterocycles. The number of nitrogen functional groups attached to an aromatic ring is 1. The first-order chi connectivity index (χ1) is 11.2. The molecule has 1 aliphatic carbocycles. The number of ether oxygens (including phenoxy) is 1. The molecular weight excluding hydrogens is 307 g/mol. The Bertz CT molecular complexity index is 627. The van der Waals surface area contributed by atoms with Gasteiger partial charge in [-0.3, -0.25) is 0 Å². The van der Waals surface area contributed by atoms with Gasteiger partial charge in [0.2, 0.25) is 0 Å². The number of hydrogen-bond donors (Lipinski definition) is 1. The number of benzene rings is 1. The Morgan fingerprint density at radius 1 is 1.12 bits per heavy atom. The third-order valence-electron chi connectivity index (χ3n) is 4.81. The average Bonchev–Trinajstić information content (AvgIpc) is 3.30. The van der Waals surface area contributed by atoms with E-state index in [1.807, 2.05) is 26.8 Å². The van der Waals surface area contributed by atoms with Gasteiger partial charge in [0.05, 0.1) is 0 Å². The minimum Gasteiger partial charge on any atom is -0.444 e. The molecule has 24 heavy (non-hydrogen) atoms. The number of carbonyl (C=O) groups excluding carboxylic acids is 1. The maximum Gasteiger partial charge on any atom is 0.410 e. The second-order valence-electron chi connectivity index (χ2n) is 8.02. The maximum absolute atomic E-state index is 14.4. The van der Waals surface area contributed by atoms with Gasteiger partial charge in [0.1, 0.15) is 11.4 Å². The van der Waals surface area contributed by atoms with Crippen LogP contribution in [0.15, 0.2) is 12.1 Å². The lowest BCUT2D eigenvalue weighted by molar-refractivity contribution is 0.0204. The fraction of sp³-hybridized carbons (Fsp3) is 0.632. The van der Waals surface area contributed by atoms with Crippen LogP contribution >= 0.6 is 0 Å². The highest BCUT2D eigenvalue weighted by molar-refractivity contribution is 5.68. The van der Waals surface area contributed by atoms with E-state index in [0.717, 1.165) is 36.8 Å². The van der Waals surface area contributed by atoms with Crippen molar-refractivity contribution in [3.63, 3.8) is 0 Å². The van der Waals surface area contributed by atoms with E-state index >= 15 is 0 Å². The van der Waals surface area contributed by atoms with E-state index in [1.54, 1.807) is 4.90 Å². The number of hydrogen-bond acceptors (Lipinski definition) is 3. The van der Waals surface area contributed by atoms with Gasteiger partial charge in [-0.05, 0) is 75.5 Å². The number of likely N-dealkylation sites (tertiary alicyclic amines) is 1. The number of amides is 1. The van der Waals surface area contributed by atoms with Gasteiger partial charge >= 0.3 is 6.09 Å². The molecule has 1 amide bonds. The molecule has 1 heterocycles. The zero-order valence-electron chi connectivity index (χ0n) is 14.8. The Labute approximate surface area is 143 Å². The van der Waals surface area contributed by atoms with Crippen LogP contribution < -0.4 is 5.73 Å². The molecule has 1 aromatic carbocycles. The van der Waals surface area contributed by atoms with Gasteiger partial charge < -0.3 is 15.4 Å². The SMILES string of the molecule is CC(C)(C)OC(=O)N1CCC(c2cc(C3CC3)c(N)cc2F)CC1. The largest absolute Gasteiger partial charge is 0.444 e. The first kappa shape index (κ1) is 17.1. The van der Waals surface area contributed by atoms with Crippen molar-refractivity contribution in [1.82, 2.24) is 4.90 Å². The van der Waals surface area contributed by atoms with E-state index in [-0.39, 0.29) is 17.8 Å². The fourth-order valence-corrected chi connectivity index (χ4v) is 3.38. The van der Waals surface area contributed by atoms with Crippen LogP contribution in [0, 0.1) is 5.82 Å². The highest BCUT2D eigenvalue weighted by Crippen LogP contribution is 2.44. The van der Waals surface area contributed by atoms with Crippen LogP contribution in [0.2, 0.25) is 0 Å². The topological polar surface area (TPSA) is 55.6 Å². The van der Waals surface area contributed by atoms with Gasteiger partial charge in [0.15, 0.2) is 0 Å². The average molecular weight is 334 g/mol. The highest BCUT2D eigenvalue weighted by atomic mass is 19.1. The molecule has 1 saturated carbocycles. The van der Waals surface area contributed by atoms with Crippen LogP contribution in [0.4, 0.5) is 14.9 Å². The van der Waals surface area contributed by atoms with Gasteiger partial charge in [0.25, 0.3) is 0 Å². The van der Waals surface area contributed by atoms with Crippen molar-refractivity contribution in [3.05, 3.63) is 29.1 Å². The Morgan fingerprint density at radius 3 is 2.25 bits per heavy atom. The summed E-state index contributed by atoms with van der Waals surface area (Å²) in [5, 5.41) is 0. The number of nitrogens with two attached hydrogens (primary N) is 1. The van der Waals surface area contributed by atoms with E-state index in [9.17, 15) is 9.18 Å². The van der Waals surface area contributed by atoms with E-state index in [4.69, 9.17) is 10.5 Å². The molecule has 0 atom stereocenters. The van der Waals surface area contributed by atoms with Gasteiger partial charge in [-0.2, -0.15) is 0 Å². The maximum atomic E-state index is 14.4. The summed E-state index contributed by atoms with van der Waals surface area (Å²) < 4.78 is 19.8. The summed E-state index contributed by atoms with van der Waals surface area (Å²) >= 11 is 0. The van der Waals surface area contributed by atoms with Crippen LogP contribution in [-0.4, -0.2) is 29.7 Å². The predicted octanol–water partition coefficient (Wildman–Crippen LogP) is 4.40. The number of anilines is 1. The van der Waals surface area contributed by atoms with Crippen molar-refractivity contribution in [1.29, 1.82) is 0 Å². The van der Waals surface area contributed by atoms with Crippen molar-refractivity contribution in [3.8, 4) is 0 Å². The third-order valence-corrected chi connectivity index (χ3v) is 4.81. The summed E-state index contributed by atoms with van der Waals surface area (Å²) in [5.41, 5.74) is 7.91. The lowest BCUT2D eigenvalue weighted by Gasteiger charge is -2.34. The Morgan fingerprint density at radius 2 is 1.71 bits per heavy atom. The molecule has 1 aliphatic heterocycles. The van der Waals surface area contributed by atoms with Crippen LogP contribution in [0.1, 0.15) is 69.4 Å². The summed E-state index contributed by atoms with van der Waals surface area (Å²) in [6.45, 7) is 6.78. The van der Waals surface area contributed by atoms with E-state index in [0.29, 0.717) is 24.7 Å². The number of nitrogens with zero attached hydrogens (tertiary/aromatic N) is 1. The van der Waals surface area contributed by atoms with Crippen LogP contribution in [0.5, 0.6) is 0 Å². The van der Waals surface area contributed by atoms with Crippen molar-refractivity contribution in [2.24, 2.45) is 0 Å². The molecule has 1 saturated heterocycles. The fourth-order valence-electron chi connectivity index (χ4n) is 3.38. The second-order valence-corrected chi connectivity index (χ2v) is 8.02.